The zero-order chi connectivity index (χ0) is 35.3. The Bertz CT molecular complexity index is 557. The lowest BCUT2D eigenvalue weighted by Crippen LogP contribution is -2.35. The summed E-state index contributed by atoms with van der Waals surface area (Å²) in [6.07, 6.45) is 46.1. The number of rotatable bonds is 41. The first-order valence-electron chi connectivity index (χ1n) is 22.1. The van der Waals surface area contributed by atoms with E-state index in [0.29, 0.717) is 0 Å². The third kappa shape index (κ3) is 39.4. The van der Waals surface area contributed by atoms with E-state index in [-0.39, 0.29) is 9.49 Å². The molecule has 0 saturated carbocycles. The van der Waals surface area contributed by atoms with E-state index in [4.69, 9.17) is 0 Å². The average Bonchev–Trinajstić information content (AvgIpc) is 3.06. The molecule has 0 radical (unpaired) electrons. The smallest absolute Gasteiger partial charge is 0.0331 e. The van der Waals surface area contributed by atoms with Gasteiger partial charge in [0, 0.05) is 22.6 Å². The zero-order valence-electron chi connectivity index (χ0n) is 34.3. The topological polar surface area (TPSA) is 24.1 Å². The summed E-state index contributed by atoms with van der Waals surface area (Å²) >= 11 is 0. The highest BCUT2D eigenvalue weighted by Crippen LogP contribution is 2.43. The van der Waals surface area contributed by atoms with Crippen LogP contribution in [0.5, 0.6) is 0 Å². The maximum atomic E-state index is 3.77. The van der Waals surface area contributed by atoms with E-state index in [9.17, 15) is 0 Å². The molecular weight excluding hydrogens is 621 g/mol. The number of unbranched alkanes of at least 4 members (excludes halogenated alkanes) is 30. The van der Waals surface area contributed by atoms with Crippen LogP contribution in [0.15, 0.2) is 0 Å². The molecule has 0 spiro atoms. The SMILES string of the molecule is CCCCCCCCCCCCCCCCCCNCC(C)(C)SSC(C)(C)CNCCCCCCCCCCCCCCCCCC. The fourth-order valence-corrected chi connectivity index (χ4v) is 9.14. The summed E-state index contributed by atoms with van der Waals surface area (Å²) < 4.78 is 0.537. The van der Waals surface area contributed by atoms with Crippen molar-refractivity contribution in [1.82, 2.24) is 10.6 Å². The molecule has 0 fully saturated rings. The first kappa shape index (κ1) is 48.6. The monoisotopic (exact) mass is 713 g/mol. The van der Waals surface area contributed by atoms with E-state index < -0.39 is 0 Å². The van der Waals surface area contributed by atoms with Crippen molar-refractivity contribution in [1.29, 1.82) is 0 Å². The Morgan fingerprint density at radius 2 is 0.479 bits per heavy atom. The van der Waals surface area contributed by atoms with Crippen LogP contribution >= 0.6 is 21.6 Å². The van der Waals surface area contributed by atoms with Gasteiger partial charge in [-0.05, 0) is 53.6 Å². The van der Waals surface area contributed by atoms with Crippen molar-refractivity contribution in [3.8, 4) is 0 Å². The largest absolute Gasteiger partial charge is 0.315 e. The van der Waals surface area contributed by atoms with Gasteiger partial charge in [-0.25, -0.2) is 0 Å². The van der Waals surface area contributed by atoms with Gasteiger partial charge in [-0.1, -0.05) is 228 Å². The quantitative estimate of drug-likeness (QED) is 0.0487. The van der Waals surface area contributed by atoms with Crippen molar-refractivity contribution >= 4 is 21.6 Å². The van der Waals surface area contributed by atoms with Crippen LogP contribution in [-0.4, -0.2) is 35.7 Å². The predicted octanol–water partition coefficient (Wildman–Crippen LogP) is 15.6. The van der Waals surface area contributed by atoms with Gasteiger partial charge in [-0.2, -0.15) is 0 Å². The minimum atomic E-state index is 0.269. The molecule has 0 unspecified atom stereocenters. The molecule has 0 saturated heterocycles. The molecular formula is C44H92N2S2. The van der Waals surface area contributed by atoms with Crippen molar-refractivity contribution < 1.29 is 0 Å². The summed E-state index contributed by atoms with van der Waals surface area (Å²) in [6, 6.07) is 0. The van der Waals surface area contributed by atoms with Crippen LogP contribution < -0.4 is 10.6 Å². The first-order valence-corrected chi connectivity index (χ1v) is 24.3. The van der Waals surface area contributed by atoms with Crippen LogP contribution in [0.4, 0.5) is 0 Å². The van der Waals surface area contributed by atoms with E-state index in [1.165, 1.54) is 219 Å². The summed E-state index contributed by atoms with van der Waals surface area (Å²) in [7, 11) is 4.16. The fourth-order valence-electron chi connectivity index (χ4n) is 6.66. The highest BCUT2D eigenvalue weighted by atomic mass is 33.1. The second-order valence-electron chi connectivity index (χ2n) is 16.6. The second kappa shape index (κ2) is 37.4. The molecule has 0 bridgehead atoms. The molecule has 0 heterocycles. The molecule has 0 aliphatic heterocycles. The molecule has 0 amide bonds. The van der Waals surface area contributed by atoms with E-state index in [2.05, 4.69) is 73.8 Å². The Balaban J connectivity index is 3.47. The van der Waals surface area contributed by atoms with Crippen LogP contribution in [-0.2, 0) is 0 Å². The Morgan fingerprint density at radius 1 is 0.292 bits per heavy atom. The first-order chi connectivity index (χ1) is 23.3. The minimum Gasteiger partial charge on any atom is -0.315 e. The summed E-state index contributed by atoms with van der Waals surface area (Å²) in [6.45, 7) is 18.8. The van der Waals surface area contributed by atoms with Gasteiger partial charge >= 0.3 is 0 Å². The van der Waals surface area contributed by atoms with E-state index >= 15 is 0 Å². The molecule has 2 nitrogen and oxygen atoms in total. The Morgan fingerprint density at radius 3 is 0.688 bits per heavy atom. The van der Waals surface area contributed by atoms with Gasteiger partial charge in [0.1, 0.15) is 0 Å². The van der Waals surface area contributed by atoms with Crippen molar-refractivity contribution in [3.05, 3.63) is 0 Å². The predicted molar refractivity (Wildman–Crippen MR) is 228 cm³/mol. The minimum absolute atomic E-state index is 0.269. The Hall–Kier alpha value is 0.620. The second-order valence-corrected chi connectivity index (χ2v) is 20.2. The molecule has 0 aliphatic carbocycles. The molecule has 0 atom stereocenters. The molecule has 0 rings (SSSR count). The van der Waals surface area contributed by atoms with Crippen molar-refractivity contribution in [2.24, 2.45) is 0 Å². The van der Waals surface area contributed by atoms with Gasteiger partial charge in [0.05, 0.1) is 0 Å². The summed E-state index contributed by atoms with van der Waals surface area (Å²) in [4.78, 5) is 0. The standard InChI is InChI=1S/C44H92N2S2/c1-7-9-11-13-15-17-19-21-23-25-27-29-31-33-35-37-39-45-41-43(3,4)47-48-44(5,6)42-46-40-38-36-34-32-30-28-26-24-22-20-18-16-14-12-10-8-2/h45-46H,7-42H2,1-6H3. The fraction of sp³-hybridized carbons (Fsp3) is 1.00. The molecule has 4 heteroatoms. The van der Waals surface area contributed by atoms with Gasteiger partial charge in [-0.3, -0.25) is 0 Å². The van der Waals surface area contributed by atoms with Gasteiger partial charge in [0.2, 0.25) is 0 Å². The lowest BCUT2D eigenvalue weighted by Gasteiger charge is -2.30. The van der Waals surface area contributed by atoms with Crippen molar-refractivity contribution in [2.45, 2.75) is 257 Å². The van der Waals surface area contributed by atoms with Crippen LogP contribution in [0.2, 0.25) is 0 Å². The molecule has 0 aromatic carbocycles. The lowest BCUT2D eigenvalue weighted by molar-refractivity contribution is 0.519. The lowest BCUT2D eigenvalue weighted by atomic mass is 10.0. The summed E-state index contributed by atoms with van der Waals surface area (Å²) in [5.74, 6) is 0. The van der Waals surface area contributed by atoms with Crippen molar-refractivity contribution in [2.75, 3.05) is 26.2 Å². The van der Waals surface area contributed by atoms with Crippen LogP contribution in [0.25, 0.3) is 0 Å². The van der Waals surface area contributed by atoms with Crippen LogP contribution in [0.3, 0.4) is 0 Å². The van der Waals surface area contributed by atoms with E-state index in [0.717, 1.165) is 13.1 Å². The molecule has 0 aromatic heterocycles. The van der Waals surface area contributed by atoms with Gasteiger partial charge in [-0.15, -0.1) is 0 Å². The molecule has 48 heavy (non-hydrogen) atoms. The normalized spacial score (nSPS) is 12.4. The molecule has 2 N–H and O–H groups in total. The molecule has 0 aliphatic rings. The van der Waals surface area contributed by atoms with E-state index in [1.807, 2.05) is 0 Å². The Labute approximate surface area is 313 Å². The maximum absolute atomic E-state index is 3.77. The molecule has 290 valence electrons. The van der Waals surface area contributed by atoms with E-state index in [1.54, 1.807) is 0 Å². The van der Waals surface area contributed by atoms with Gasteiger partial charge < -0.3 is 10.6 Å². The summed E-state index contributed by atoms with van der Waals surface area (Å²) in [5.41, 5.74) is 0. The van der Waals surface area contributed by atoms with Crippen molar-refractivity contribution in [3.63, 3.8) is 0 Å². The third-order valence-corrected chi connectivity index (χ3v) is 14.2. The number of hydrogen-bond donors (Lipinski definition) is 2. The van der Waals surface area contributed by atoms with Gasteiger partial charge in [0.15, 0.2) is 0 Å². The number of nitrogens with one attached hydrogen (secondary N) is 2. The maximum Gasteiger partial charge on any atom is 0.0331 e. The third-order valence-electron chi connectivity index (χ3n) is 10.0. The van der Waals surface area contributed by atoms with Crippen LogP contribution in [0, 0.1) is 0 Å². The summed E-state index contributed by atoms with van der Waals surface area (Å²) in [5, 5.41) is 7.53. The average molecular weight is 713 g/mol. The zero-order valence-corrected chi connectivity index (χ0v) is 35.9. The Kier molecular flexibility index (Phi) is 37.9. The highest BCUT2D eigenvalue weighted by molar-refractivity contribution is 8.77. The highest BCUT2D eigenvalue weighted by Gasteiger charge is 2.25. The number of hydrogen-bond acceptors (Lipinski definition) is 4. The van der Waals surface area contributed by atoms with Gasteiger partial charge in [0.25, 0.3) is 0 Å². The van der Waals surface area contributed by atoms with Crippen LogP contribution in [0.1, 0.15) is 247 Å². The molecule has 0 aromatic rings.